The molecule has 0 aliphatic rings. The molecule has 1 N–H and O–H groups in total. The Hall–Kier alpha value is -2.04. The Morgan fingerprint density at radius 3 is 2.50 bits per heavy atom. The van der Waals surface area contributed by atoms with Crippen molar-refractivity contribution in [2.45, 2.75) is 19.3 Å². The molecular formula is C13H16O5. The first kappa shape index (κ1) is 14.0. The molecule has 1 aromatic rings. The van der Waals surface area contributed by atoms with E-state index in [1.165, 1.54) is 26.4 Å². The number of benzene rings is 1. The Labute approximate surface area is 105 Å². The molecule has 1 atom stereocenters. The van der Waals surface area contributed by atoms with Gasteiger partial charge in [-0.3, -0.25) is 0 Å². The first-order chi connectivity index (χ1) is 8.54. The van der Waals surface area contributed by atoms with Crippen molar-refractivity contribution in [2.75, 3.05) is 14.2 Å². The fraction of sp³-hybridized carbons (Fsp3) is 0.385. The Morgan fingerprint density at radius 1 is 1.39 bits per heavy atom. The van der Waals surface area contributed by atoms with E-state index >= 15 is 0 Å². The number of hydrogen-bond acceptors (Lipinski definition) is 4. The molecule has 0 spiro atoms. The number of hydrogen-bond donors (Lipinski definition) is 1. The molecule has 0 radical (unpaired) electrons. The summed E-state index contributed by atoms with van der Waals surface area (Å²) in [6.07, 6.45) is 1.09. The van der Waals surface area contributed by atoms with Gasteiger partial charge in [0, 0.05) is 12.0 Å². The predicted octanol–water partition coefficient (Wildman–Crippen LogP) is 2.09. The van der Waals surface area contributed by atoms with E-state index in [9.17, 15) is 9.59 Å². The van der Waals surface area contributed by atoms with Gasteiger partial charge in [0.1, 0.15) is 6.29 Å². The van der Waals surface area contributed by atoms with Gasteiger partial charge in [-0.15, -0.1) is 0 Å². The van der Waals surface area contributed by atoms with Crippen molar-refractivity contribution in [3.8, 4) is 11.5 Å². The third kappa shape index (κ3) is 2.80. The number of methoxy groups -OCH3 is 2. The van der Waals surface area contributed by atoms with Crippen molar-refractivity contribution in [3.63, 3.8) is 0 Å². The Kier molecular flexibility index (Phi) is 4.71. The van der Waals surface area contributed by atoms with Crippen LogP contribution in [-0.4, -0.2) is 31.6 Å². The van der Waals surface area contributed by atoms with Crippen LogP contribution in [0, 0.1) is 0 Å². The summed E-state index contributed by atoms with van der Waals surface area (Å²) in [6, 6.07) is 2.91. The highest BCUT2D eigenvalue weighted by molar-refractivity contribution is 5.89. The van der Waals surface area contributed by atoms with Gasteiger partial charge >= 0.3 is 5.97 Å². The average molecular weight is 252 g/mol. The Morgan fingerprint density at radius 2 is 2.06 bits per heavy atom. The zero-order valence-corrected chi connectivity index (χ0v) is 10.6. The average Bonchev–Trinajstić information content (AvgIpc) is 2.37. The van der Waals surface area contributed by atoms with Crippen molar-refractivity contribution in [1.29, 1.82) is 0 Å². The van der Waals surface area contributed by atoms with Gasteiger partial charge in [-0.1, -0.05) is 6.92 Å². The maximum atomic E-state index is 11.0. The lowest BCUT2D eigenvalue weighted by Crippen LogP contribution is -2.05. The number of carbonyl (C=O) groups excluding carboxylic acids is 1. The summed E-state index contributed by atoms with van der Waals surface area (Å²) in [5.41, 5.74) is 0.766. The Bertz CT molecular complexity index is 453. The molecule has 0 saturated carbocycles. The van der Waals surface area contributed by atoms with E-state index in [2.05, 4.69) is 0 Å². The topological polar surface area (TPSA) is 72.8 Å². The van der Waals surface area contributed by atoms with Crippen LogP contribution in [0.3, 0.4) is 0 Å². The summed E-state index contributed by atoms with van der Waals surface area (Å²) in [5.74, 6) is -0.358. The molecule has 1 unspecified atom stereocenters. The molecule has 0 saturated heterocycles. The highest BCUT2D eigenvalue weighted by Gasteiger charge is 2.19. The molecule has 1 rings (SSSR count). The van der Waals surface area contributed by atoms with Crippen molar-refractivity contribution >= 4 is 12.3 Å². The Balaban J connectivity index is 3.39. The van der Waals surface area contributed by atoms with Crippen LogP contribution in [0.2, 0.25) is 0 Å². The van der Waals surface area contributed by atoms with E-state index in [4.69, 9.17) is 14.6 Å². The van der Waals surface area contributed by atoms with E-state index in [0.717, 1.165) is 6.29 Å². The number of aldehydes is 1. The fourth-order valence-electron chi connectivity index (χ4n) is 1.75. The van der Waals surface area contributed by atoms with Gasteiger partial charge in [-0.05, 0) is 18.1 Å². The van der Waals surface area contributed by atoms with E-state index in [1.807, 2.05) is 6.92 Å². The second-order valence-electron chi connectivity index (χ2n) is 3.91. The van der Waals surface area contributed by atoms with Gasteiger partial charge < -0.3 is 19.4 Å². The van der Waals surface area contributed by atoms with Gasteiger partial charge in [0.2, 0.25) is 0 Å². The monoisotopic (exact) mass is 252 g/mol. The van der Waals surface area contributed by atoms with E-state index in [-0.39, 0.29) is 11.5 Å². The quantitative estimate of drug-likeness (QED) is 0.785. The van der Waals surface area contributed by atoms with Gasteiger partial charge in [0.15, 0.2) is 11.5 Å². The van der Waals surface area contributed by atoms with Crippen LogP contribution < -0.4 is 9.47 Å². The SMILES string of the molecule is COc1cc(C(=O)O)cc(C(C)CC=O)c1OC. The minimum atomic E-state index is -1.05. The summed E-state index contributed by atoms with van der Waals surface area (Å²) < 4.78 is 10.4. The number of carboxylic acid groups (broad SMARTS) is 1. The number of ether oxygens (including phenoxy) is 2. The van der Waals surface area contributed by atoms with Crippen LogP contribution in [0.25, 0.3) is 0 Å². The lowest BCUT2D eigenvalue weighted by molar-refractivity contribution is -0.108. The minimum Gasteiger partial charge on any atom is -0.493 e. The molecule has 0 aliphatic carbocycles. The van der Waals surface area contributed by atoms with Crippen LogP contribution >= 0.6 is 0 Å². The van der Waals surface area contributed by atoms with Crippen LogP contribution in [0.1, 0.15) is 35.2 Å². The van der Waals surface area contributed by atoms with Crippen molar-refractivity contribution in [2.24, 2.45) is 0 Å². The van der Waals surface area contributed by atoms with Crippen molar-refractivity contribution in [3.05, 3.63) is 23.3 Å². The van der Waals surface area contributed by atoms with Crippen LogP contribution in [-0.2, 0) is 4.79 Å². The normalized spacial score (nSPS) is 11.7. The molecule has 0 aliphatic heterocycles. The number of rotatable bonds is 6. The van der Waals surface area contributed by atoms with Crippen LogP contribution in [0.15, 0.2) is 12.1 Å². The molecule has 5 nitrogen and oxygen atoms in total. The predicted molar refractivity (Wildman–Crippen MR) is 65.6 cm³/mol. The first-order valence-electron chi connectivity index (χ1n) is 5.48. The summed E-state index contributed by atoms with van der Waals surface area (Å²) in [7, 11) is 2.92. The summed E-state index contributed by atoms with van der Waals surface area (Å²) in [5, 5.41) is 9.04. The van der Waals surface area contributed by atoms with Gasteiger partial charge in [-0.25, -0.2) is 4.79 Å². The van der Waals surface area contributed by atoms with Crippen LogP contribution in [0.4, 0.5) is 0 Å². The molecular weight excluding hydrogens is 236 g/mol. The van der Waals surface area contributed by atoms with Gasteiger partial charge in [-0.2, -0.15) is 0 Å². The zero-order valence-electron chi connectivity index (χ0n) is 10.6. The highest BCUT2D eigenvalue weighted by Crippen LogP contribution is 2.37. The highest BCUT2D eigenvalue weighted by atomic mass is 16.5. The largest absolute Gasteiger partial charge is 0.493 e. The number of aromatic carboxylic acids is 1. The smallest absolute Gasteiger partial charge is 0.335 e. The van der Waals surface area contributed by atoms with Gasteiger partial charge in [0.25, 0.3) is 0 Å². The van der Waals surface area contributed by atoms with Crippen LogP contribution in [0.5, 0.6) is 11.5 Å². The molecule has 0 fully saturated rings. The second kappa shape index (κ2) is 6.05. The first-order valence-corrected chi connectivity index (χ1v) is 5.48. The molecule has 0 aromatic heterocycles. The molecule has 0 amide bonds. The van der Waals surface area contributed by atoms with E-state index < -0.39 is 5.97 Å². The summed E-state index contributed by atoms with van der Waals surface area (Å²) in [6.45, 7) is 1.83. The zero-order chi connectivity index (χ0) is 13.7. The maximum absolute atomic E-state index is 11.0. The molecule has 98 valence electrons. The third-order valence-electron chi connectivity index (χ3n) is 2.74. The standard InChI is InChI=1S/C13H16O5/c1-8(4-5-14)10-6-9(13(15)16)7-11(17-2)12(10)18-3/h5-8H,4H2,1-3H3,(H,15,16). The van der Waals surface area contributed by atoms with E-state index in [0.29, 0.717) is 23.5 Å². The lowest BCUT2D eigenvalue weighted by Gasteiger charge is -2.17. The molecule has 18 heavy (non-hydrogen) atoms. The number of carbonyl (C=O) groups is 2. The minimum absolute atomic E-state index is 0.111. The van der Waals surface area contributed by atoms with Crippen molar-refractivity contribution < 1.29 is 24.2 Å². The maximum Gasteiger partial charge on any atom is 0.335 e. The molecule has 0 bridgehead atoms. The second-order valence-corrected chi connectivity index (χ2v) is 3.91. The fourth-order valence-corrected chi connectivity index (χ4v) is 1.75. The van der Waals surface area contributed by atoms with E-state index in [1.54, 1.807) is 0 Å². The molecule has 1 aromatic carbocycles. The summed E-state index contributed by atoms with van der Waals surface area (Å²) in [4.78, 5) is 21.6. The number of carboxylic acids is 1. The van der Waals surface area contributed by atoms with Gasteiger partial charge in [0.05, 0.1) is 19.8 Å². The van der Waals surface area contributed by atoms with Crippen molar-refractivity contribution in [1.82, 2.24) is 0 Å². The molecule has 5 heteroatoms. The summed E-state index contributed by atoms with van der Waals surface area (Å²) >= 11 is 0. The lowest BCUT2D eigenvalue weighted by atomic mass is 9.95. The molecule has 0 heterocycles. The third-order valence-corrected chi connectivity index (χ3v) is 2.74.